The van der Waals surface area contributed by atoms with Gasteiger partial charge in [-0.15, -0.1) is 11.3 Å². The molecule has 1 atom stereocenters. The molecule has 2 N–H and O–H groups in total. The molecule has 0 radical (unpaired) electrons. The van der Waals surface area contributed by atoms with Gasteiger partial charge >= 0.3 is 0 Å². The fourth-order valence-corrected chi connectivity index (χ4v) is 3.91. The van der Waals surface area contributed by atoms with E-state index in [2.05, 4.69) is 15.7 Å². The number of carbonyl (C=O) groups is 2. The van der Waals surface area contributed by atoms with E-state index < -0.39 is 6.04 Å². The van der Waals surface area contributed by atoms with Crippen LogP contribution in [-0.4, -0.2) is 27.6 Å². The van der Waals surface area contributed by atoms with Crippen LogP contribution in [0, 0.1) is 6.92 Å². The number of thiophene rings is 1. The Labute approximate surface area is 184 Å². The van der Waals surface area contributed by atoms with E-state index in [1.165, 1.54) is 11.3 Å². The summed E-state index contributed by atoms with van der Waals surface area (Å²) in [5.74, 6) is -0.532. The number of nitrogens with zero attached hydrogens (tertiary/aromatic N) is 2. The lowest BCUT2D eigenvalue weighted by molar-refractivity contribution is -0.118. The van der Waals surface area contributed by atoms with Crippen LogP contribution in [0.5, 0.6) is 0 Å². The predicted molar refractivity (Wildman–Crippen MR) is 123 cm³/mol. The Bertz CT molecular complexity index is 1170. The lowest BCUT2D eigenvalue weighted by atomic mass is 10.0. The molecule has 1 unspecified atom stereocenters. The third-order valence-electron chi connectivity index (χ3n) is 4.84. The van der Waals surface area contributed by atoms with Gasteiger partial charge in [-0.05, 0) is 48.2 Å². The molecule has 0 saturated heterocycles. The van der Waals surface area contributed by atoms with Crippen LogP contribution in [-0.2, 0) is 11.2 Å². The largest absolute Gasteiger partial charge is 0.339 e. The fraction of sp³-hybridized carbons (Fsp3) is 0.125. The number of aromatic nitrogens is 2. The van der Waals surface area contributed by atoms with Crippen LogP contribution in [0.3, 0.4) is 0 Å². The molecule has 2 aromatic heterocycles. The zero-order valence-electron chi connectivity index (χ0n) is 17.0. The van der Waals surface area contributed by atoms with Gasteiger partial charge in [0.05, 0.1) is 10.6 Å². The summed E-state index contributed by atoms with van der Waals surface area (Å²) in [6, 6.07) is 21.9. The summed E-state index contributed by atoms with van der Waals surface area (Å²) in [5, 5.41) is 12.0. The van der Waals surface area contributed by atoms with Crippen molar-refractivity contribution in [3.8, 4) is 5.69 Å². The highest BCUT2D eigenvalue weighted by atomic mass is 32.1. The number of benzene rings is 2. The van der Waals surface area contributed by atoms with Crippen molar-refractivity contribution in [1.82, 2.24) is 15.1 Å². The molecule has 31 heavy (non-hydrogen) atoms. The number of anilines is 1. The third-order valence-corrected chi connectivity index (χ3v) is 5.71. The Morgan fingerprint density at radius 1 is 1.03 bits per heavy atom. The number of hydrogen-bond acceptors (Lipinski definition) is 4. The van der Waals surface area contributed by atoms with Gasteiger partial charge in [0.25, 0.3) is 5.91 Å². The molecule has 156 valence electrons. The van der Waals surface area contributed by atoms with E-state index in [4.69, 9.17) is 0 Å². The molecular formula is C24H22N4O2S. The van der Waals surface area contributed by atoms with Crippen molar-refractivity contribution in [2.45, 2.75) is 19.4 Å². The van der Waals surface area contributed by atoms with Crippen LogP contribution >= 0.6 is 11.3 Å². The Kier molecular flexibility index (Phi) is 6.24. The molecule has 0 fully saturated rings. The first-order valence-electron chi connectivity index (χ1n) is 9.90. The molecular weight excluding hydrogens is 408 g/mol. The zero-order chi connectivity index (χ0) is 21.6. The SMILES string of the molecule is Cc1ccnn1-c1cccc(NC(=O)C(Cc2ccccc2)NC(=O)c2cccs2)c1. The van der Waals surface area contributed by atoms with E-state index in [1.807, 2.05) is 79.0 Å². The van der Waals surface area contributed by atoms with Gasteiger partial charge in [0.15, 0.2) is 0 Å². The molecule has 4 rings (SSSR count). The second-order valence-electron chi connectivity index (χ2n) is 7.12. The van der Waals surface area contributed by atoms with Crippen molar-refractivity contribution in [3.63, 3.8) is 0 Å². The second kappa shape index (κ2) is 9.40. The van der Waals surface area contributed by atoms with Gasteiger partial charge < -0.3 is 10.6 Å². The Morgan fingerprint density at radius 3 is 2.58 bits per heavy atom. The normalized spacial score (nSPS) is 11.6. The molecule has 6 nitrogen and oxygen atoms in total. The summed E-state index contributed by atoms with van der Waals surface area (Å²) in [4.78, 5) is 26.3. The van der Waals surface area contributed by atoms with Crippen LogP contribution < -0.4 is 10.6 Å². The fourth-order valence-electron chi connectivity index (χ4n) is 3.28. The minimum absolute atomic E-state index is 0.257. The van der Waals surface area contributed by atoms with Gasteiger partial charge in [0.2, 0.25) is 5.91 Å². The zero-order valence-corrected chi connectivity index (χ0v) is 17.8. The third kappa shape index (κ3) is 5.07. The topological polar surface area (TPSA) is 76.0 Å². The highest BCUT2D eigenvalue weighted by Gasteiger charge is 2.22. The number of rotatable bonds is 7. The minimum Gasteiger partial charge on any atom is -0.339 e. The van der Waals surface area contributed by atoms with Crippen LogP contribution in [0.15, 0.2) is 84.4 Å². The van der Waals surface area contributed by atoms with Crippen LogP contribution in [0.4, 0.5) is 5.69 Å². The summed E-state index contributed by atoms with van der Waals surface area (Å²) in [6.07, 6.45) is 2.12. The van der Waals surface area contributed by atoms with Gasteiger partial charge in [-0.1, -0.05) is 42.5 Å². The second-order valence-corrected chi connectivity index (χ2v) is 8.06. The van der Waals surface area contributed by atoms with E-state index in [9.17, 15) is 9.59 Å². The quantitative estimate of drug-likeness (QED) is 0.461. The van der Waals surface area contributed by atoms with E-state index in [-0.39, 0.29) is 11.8 Å². The highest BCUT2D eigenvalue weighted by molar-refractivity contribution is 7.12. The predicted octanol–water partition coefficient (Wildman–Crippen LogP) is 4.22. The summed E-state index contributed by atoms with van der Waals surface area (Å²) >= 11 is 1.34. The van der Waals surface area contributed by atoms with Crippen molar-refractivity contribution < 1.29 is 9.59 Å². The number of amides is 2. The maximum atomic E-state index is 13.1. The molecule has 2 heterocycles. The Morgan fingerprint density at radius 2 is 1.87 bits per heavy atom. The summed E-state index contributed by atoms with van der Waals surface area (Å²) in [5.41, 5.74) is 3.45. The molecule has 0 spiro atoms. The van der Waals surface area contributed by atoms with Gasteiger partial charge in [-0.3, -0.25) is 9.59 Å². The van der Waals surface area contributed by atoms with Crippen molar-refractivity contribution in [2.24, 2.45) is 0 Å². The van der Waals surface area contributed by atoms with Crippen LogP contribution in [0.2, 0.25) is 0 Å². The van der Waals surface area contributed by atoms with E-state index in [0.29, 0.717) is 17.0 Å². The number of aryl methyl sites for hydroxylation is 1. The maximum Gasteiger partial charge on any atom is 0.262 e. The molecule has 7 heteroatoms. The molecule has 0 aliphatic carbocycles. The average molecular weight is 431 g/mol. The Hall–Kier alpha value is -3.71. The smallest absolute Gasteiger partial charge is 0.262 e. The maximum absolute atomic E-state index is 13.1. The first kappa shape index (κ1) is 20.6. The van der Waals surface area contributed by atoms with E-state index >= 15 is 0 Å². The van der Waals surface area contributed by atoms with Gasteiger partial charge in [0, 0.05) is 24.0 Å². The van der Waals surface area contributed by atoms with E-state index in [1.54, 1.807) is 16.9 Å². The summed E-state index contributed by atoms with van der Waals surface area (Å²) in [7, 11) is 0. The number of nitrogens with one attached hydrogen (secondary N) is 2. The Balaban J connectivity index is 1.54. The lowest BCUT2D eigenvalue weighted by Crippen LogP contribution is -2.45. The molecule has 0 bridgehead atoms. The lowest BCUT2D eigenvalue weighted by Gasteiger charge is -2.19. The first-order chi connectivity index (χ1) is 15.1. The molecule has 0 aliphatic heterocycles. The monoisotopic (exact) mass is 430 g/mol. The molecule has 4 aromatic rings. The molecule has 0 aliphatic rings. The standard InChI is InChI=1S/C24H22N4O2S/c1-17-12-13-25-28(17)20-10-5-9-19(16-20)26-23(29)21(15-18-7-3-2-4-8-18)27-24(30)22-11-6-14-31-22/h2-14,16,21H,15H2,1H3,(H,26,29)(H,27,30). The molecule has 0 saturated carbocycles. The summed E-state index contributed by atoms with van der Waals surface area (Å²) in [6.45, 7) is 1.97. The molecule has 2 aromatic carbocycles. The van der Waals surface area contributed by atoms with Crippen LogP contribution in [0.25, 0.3) is 5.69 Å². The van der Waals surface area contributed by atoms with Gasteiger partial charge in [-0.2, -0.15) is 5.10 Å². The van der Waals surface area contributed by atoms with E-state index in [0.717, 1.165) is 16.9 Å². The number of carbonyl (C=O) groups excluding carboxylic acids is 2. The van der Waals surface area contributed by atoms with Crippen molar-refractivity contribution in [3.05, 3.63) is 101 Å². The minimum atomic E-state index is -0.716. The highest BCUT2D eigenvalue weighted by Crippen LogP contribution is 2.17. The first-order valence-corrected chi connectivity index (χ1v) is 10.8. The van der Waals surface area contributed by atoms with Crippen molar-refractivity contribution >= 4 is 28.8 Å². The van der Waals surface area contributed by atoms with Crippen molar-refractivity contribution in [1.29, 1.82) is 0 Å². The summed E-state index contributed by atoms with van der Waals surface area (Å²) < 4.78 is 1.80. The van der Waals surface area contributed by atoms with Crippen LogP contribution in [0.1, 0.15) is 20.9 Å². The van der Waals surface area contributed by atoms with Crippen molar-refractivity contribution in [2.75, 3.05) is 5.32 Å². The number of hydrogen-bond donors (Lipinski definition) is 2. The van der Waals surface area contributed by atoms with Gasteiger partial charge in [0.1, 0.15) is 6.04 Å². The molecule has 2 amide bonds. The average Bonchev–Trinajstić information content (AvgIpc) is 3.46. The van der Waals surface area contributed by atoms with Gasteiger partial charge in [-0.25, -0.2) is 4.68 Å².